The largest absolute Gasteiger partial charge is 0.573 e. The molecule has 2 heterocycles. The van der Waals surface area contributed by atoms with Gasteiger partial charge in [-0.25, -0.2) is 9.78 Å². The van der Waals surface area contributed by atoms with Gasteiger partial charge < -0.3 is 31.1 Å². The van der Waals surface area contributed by atoms with Gasteiger partial charge in [0.25, 0.3) is 0 Å². The second-order valence-corrected chi connectivity index (χ2v) is 9.77. The molecule has 0 fully saturated rings. The summed E-state index contributed by atoms with van der Waals surface area (Å²) in [7, 11) is 1.76. The number of thiazole rings is 1. The minimum absolute atomic E-state index is 0.0280. The van der Waals surface area contributed by atoms with Gasteiger partial charge >= 0.3 is 12.3 Å². The van der Waals surface area contributed by atoms with Gasteiger partial charge in [0, 0.05) is 19.5 Å². The van der Waals surface area contributed by atoms with Crippen molar-refractivity contribution in [3.8, 4) is 5.75 Å². The predicted octanol–water partition coefficient (Wildman–Crippen LogP) is 4.13. The highest BCUT2D eigenvalue weighted by atomic mass is 32.2. The SMILES string of the molecule is CSC(CC(N)=O)C1(Nc2nc3ccc(OC(F)(F)F)cc3s2)Nc2cc(C(=O)O)ccc2N1C. The number of nitrogens with one attached hydrogen (secondary N) is 2. The van der Waals surface area contributed by atoms with E-state index in [0.29, 0.717) is 26.7 Å². The van der Waals surface area contributed by atoms with E-state index in [1.54, 1.807) is 19.4 Å². The van der Waals surface area contributed by atoms with E-state index in [-0.39, 0.29) is 17.7 Å². The van der Waals surface area contributed by atoms with Crippen LogP contribution in [0.15, 0.2) is 36.4 Å². The predicted molar refractivity (Wildman–Crippen MR) is 129 cm³/mol. The van der Waals surface area contributed by atoms with E-state index >= 15 is 0 Å². The fourth-order valence-corrected chi connectivity index (χ4v) is 5.84. The third-order valence-corrected chi connectivity index (χ3v) is 7.50. The number of carboxylic acid groups (broad SMARTS) is 1. The van der Waals surface area contributed by atoms with Crippen LogP contribution in [0.4, 0.5) is 29.7 Å². The van der Waals surface area contributed by atoms with Gasteiger partial charge in [-0.2, -0.15) is 11.8 Å². The van der Waals surface area contributed by atoms with Crippen molar-refractivity contribution in [3.05, 3.63) is 42.0 Å². The van der Waals surface area contributed by atoms with E-state index in [4.69, 9.17) is 5.73 Å². The number of nitrogens with zero attached hydrogens (tertiary/aromatic N) is 2. The standard InChI is InChI=1S/C21H20F3N5O4S2/c1-29-14-6-3-10(18(31)32)7-13(14)27-20(29,16(34-2)9-17(25)30)28-19-26-12-5-4-11(8-15(12)35-19)33-21(22,23)24/h3-8,16,27H,9H2,1-2H3,(H2,25,30)(H,26,28)(H,31,32). The number of aromatic nitrogens is 1. The van der Waals surface area contributed by atoms with Crippen molar-refractivity contribution in [2.24, 2.45) is 5.73 Å². The van der Waals surface area contributed by atoms with E-state index in [1.165, 1.54) is 42.1 Å². The molecular formula is C21H20F3N5O4S2. The quantitative estimate of drug-likeness (QED) is 0.342. The number of nitrogens with two attached hydrogens (primary N) is 1. The molecule has 9 nitrogen and oxygen atoms in total. The van der Waals surface area contributed by atoms with Gasteiger partial charge in [-0.3, -0.25) is 4.79 Å². The molecule has 35 heavy (non-hydrogen) atoms. The number of hydrogen-bond acceptors (Lipinski definition) is 9. The topological polar surface area (TPSA) is 130 Å². The normalized spacial score (nSPS) is 18.1. The minimum Gasteiger partial charge on any atom is -0.478 e. The zero-order chi connectivity index (χ0) is 25.5. The maximum absolute atomic E-state index is 12.6. The van der Waals surface area contributed by atoms with Crippen LogP contribution in [-0.2, 0) is 4.79 Å². The van der Waals surface area contributed by atoms with Crippen LogP contribution in [-0.4, -0.2) is 52.7 Å². The monoisotopic (exact) mass is 527 g/mol. The molecule has 0 aliphatic carbocycles. The van der Waals surface area contributed by atoms with Crippen molar-refractivity contribution in [2.75, 3.05) is 28.8 Å². The Morgan fingerprint density at radius 3 is 2.71 bits per heavy atom. The number of benzene rings is 2. The van der Waals surface area contributed by atoms with Crippen molar-refractivity contribution in [1.29, 1.82) is 0 Å². The fourth-order valence-electron chi connectivity index (χ4n) is 3.94. The van der Waals surface area contributed by atoms with Gasteiger partial charge in [0.15, 0.2) is 5.13 Å². The summed E-state index contributed by atoms with van der Waals surface area (Å²) in [6.07, 6.45) is -3.04. The van der Waals surface area contributed by atoms with Crippen molar-refractivity contribution in [1.82, 2.24) is 4.98 Å². The number of carbonyl (C=O) groups is 2. The van der Waals surface area contributed by atoms with Crippen LogP contribution >= 0.6 is 23.1 Å². The summed E-state index contributed by atoms with van der Waals surface area (Å²) >= 11 is 2.46. The molecule has 0 saturated carbocycles. The summed E-state index contributed by atoms with van der Waals surface area (Å²) < 4.78 is 42.3. The summed E-state index contributed by atoms with van der Waals surface area (Å²) in [5, 5.41) is 15.9. The molecule has 14 heteroatoms. The molecule has 0 spiro atoms. The number of fused-ring (bicyclic) bond motifs is 2. The van der Waals surface area contributed by atoms with E-state index < -0.39 is 29.3 Å². The minimum atomic E-state index is -4.82. The molecular weight excluding hydrogens is 507 g/mol. The number of primary amides is 1. The van der Waals surface area contributed by atoms with Crippen molar-refractivity contribution >= 4 is 61.7 Å². The van der Waals surface area contributed by atoms with E-state index in [1.807, 2.05) is 4.90 Å². The first-order valence-electron chi connectivity index (χ1n) is 10.1. The number of carboxylic acids is 1. The molecule has 186 valence electrons. The van der Waals surface area contributed by atoms with Crippen LogP contribution in [0.2, 0.25) is 0 Å². The maximum atomic E-state index is 12.6. The Bertz CT molecular complexity index is 1300. The summed E-state index contributed by atoms with van der Waals surface area (Å²) in [5.41, 5.74) is 7.23. The Labute approximate surface area is 205 Å². The number of alkyl halides is 3. The highest BCUT2D eigenvalue weighted by molar-refractivity contribution is 7.99. The van der Waals surface area contributed by atoms with Gasteiger partial charge in [-0.1, -0.05) is 11.3 Å². The molecule has 0 bridgehead atoms. The van der Waals surface area contributed by atoms with Crippen LogP contribution in [0.1, 0.15) is 16.8 Å². The summed E-state index contributed by atoms with van der Waals surface area (Å²) in [6.45, 7) is 0. The molecule has 0 saturated heterocycles. The fraction of sp³-hybridized carbons (Fsp3) is 0.286. The summed E-state index contributed by atoms with van der Waals surface area (Å²) in [5.74, 6) is -3.16. The molecule has 5 N–H and O–H groups in total. The summed E-state index contributed by atoms with van der Waals surface area (Å²) in [4.78, 5) is 29.7. The number of rotatable bonds is 8. The number of ether oxygens (including phenoxy) is 1. The van der Waals surface area contributed by atoms with E-state index in [0.717, 1.165) is 11.3 Å². The lowest BCUT2D eigenvalue weighted by molar-refractivity contribution is -0.274. The molecule has 1 aliphatic heterocycles. The third kappa shape index (κ3) is 4.89. The van der Waals surface area contributed by atoms with Gasteiger partial charge in [0.2, 0.25) is 11.7 Å². The van der Waals surface area contributed by atoms with E-state index in [2.05, 4.69) is 20.4 Å². The first kappa shape index (κ1) is 24.7. The van der Waals surface area contributed by atoms with Gasteiger partial charge in [0.05, 0.1) is 32.4 Å². The Morgan fingerprint density at radius 1 is 1.34 bits per heavy atom. The van der Waals surface area contributed by atoms with Crippen molar-refractivity contribution < 1.29 is 32.6 Å². The highest BCUT2D eigenvalue weighted by Gasteiger charge is 2.49. The molecule has 1 aliphatic rings. The smallest absolute Gasteiger partial charge is 0.478 e. The second kappa shape index (κ2) is 9.00. The van der Waals surface area contributed by atoms with Crippen molar-refractivity contribution in [2.45, 2.75) is 23.8 Å². The Kier molecular flexibility index (Phi) is 6.36. The first-order chi connectivity index (χ1) is 16.4. The highest BCUT2D eigenvalue weighted by Crippen LogP contribution is 2.45. The second-order valence-electron chi connectivity index (χ2n) is 7.70. The summed E-state index contributed by atoms with van der Waals surface area (Å²) in [6, 6.07) is 8.44. The number of hydrogen-bond donors (Lipinski definition) is 4. The molecule has 4 rings (SSSR count). The number of amides is 1. The lowest BCUT2D eigenvalue weighted by Crippen LogP contribution is -2.63. The van der Waals surface area contributed by atoms with Crippen LogP contribution in [0.3, 0.4) is 0 Å². The average Bonchev–Trinajstić information content (AvgIpc) is 3.28. The number of anilines is 3. The molecule has 2 aromatic carbocycles. The zero-order valence-corrected chi connectivity index (χ0v) is 20.0. The molecule has 3 aromatic rings. The van der Waals surface area contributed by atoms with Crippen LogP contribution in [0.5, 0.6) is 5.75 Å². The Balaban J connectivity index is 1.74. The van der Waals surface area contributed by atoms with Crippen LogP contribution < -0.4 is 26.0 Å². The first-order valence-corrected chi connectivity index (χ1v) is 12.2. The third-order valence-electron chi connectivity index (χ3n) is 5.49. The van der Waals surface area contributed by atoms with Crippen molar-refractivity contribution in [3.63, 3.8) is 0 Å². The zero-order valence-electron chi connectivity index (χ0n) is 18.3. The molecule has 1 aromatic heterocycles. The molecule has 2 atom stereocenters. The van der Waals surface area contributed by atoms with Gasteiger partial charge in [-0.05, 0) is 36.6 Å². The van der Waals surface area contributed by atoms with Crippen LogP contribution in [0, 0.1) is 0 Å². The molecule has 0 radical (unpaired) electrons. The van der Waals surface area contributed by atoms with Crippen LogP contribution in [0.25, 0.3) is 10.2 Å². The van der Waals surface area contributed by atoms with Gasteiger partial charge in [0.1, 0.15) is 5.75 Å². The lowest BCUT2D eigenvalue weighted by Gasteiger charge is -2.43. The Hall–Kier alpha value is -3.39. The number of halogens is 3. The average molecular weight is 528 g/mol. The number of carbonyl (C=O) groups excluding carboxylic acids is 1. The maximum Gasteiger partial charge on any atom is 0.573 e. The van der Waals surface area contributed by atoms with E-state index in [9.17, 15) is 27.9 Å². The number of aromatic carboxylic acids is 1. The van der Waals surface area contributed by atoms with Gasteiger partial charge in [-0.15, -0.1) is 13.2 Å². The molecule has 2 unspecified atom stereocenters. The number of thioether (sulfide) groups is 1. The molecule has 1 amide bonds. The Morgan fingerprint density at radius 2 is 2.09 bits per heavy atom. The lowest BCUT2D eigenvalue weighted by atomic mass is 10.1.